The molecule has 1 aliphatic heterocycles. The van der Waals surface area contributed by atoms with Gasteiger partial charge in [-0.25, -0.2) is 0 Å². The number of carbonyl (C=O) groups is 8. The van der Waals surface area contributed by atoms with Crippen molar-refractivity contribution in [3.8, 4) is 28.8 Å². The number of phenolic OH excluding ortho intramolecular Hbond substituents is 1. The number of Topliss-reactive ketones (excluding diaryl/α,β-unsaturated/α-hetero) is 1. The summed E-state index contributed by atoms with van der Waals surface area (Å²) in [6, 6.07) is 9.20. The summed E-state index contributed by atoms with van der Waals surface area (Å²) in [5.41, 5.74) is 12.7. The topological polar surface area (TPSA) is 380 Å². The number of benzene rings is 1. The number of nitrogens with two attached hydrogens (primary N) is 2. The van der Waals surface area contributed by atoms with Crippen molar-refractivity contribution >= 4 is 59.3 Å². The molecule has 3 aromatic heterocycles. The molecule has 70 heavy (non-hydrogen) atoms. The third-order valence-corrected chi connectivity index (χ3v) is 10.6. The number of anilines is 1. The summed E-state index contributed by atoms with van der Waals surface area (Å²) >= 11 is 0. The maximum absolute atomic E-state index is 14.1. The van der Waals surface area contributed by atoms with Gasteiger partial charge in [-0.3, -0.25) is 53.3 Å². The Labute approximate surface area is 401 Å². The smallest absolute Gasteiger partial charge is 0.293 e. The number of ether oxygens (including phenoxy) is 1. The molecule has 0 spiro atoms. The van der Waals surface area contributed by atoms with Crippen LogP contribution in [0.1, 0.15) is 69.8 Å². The van der Waals surface area contributed by atoms with Gasteiger partial charge in [0.05, 0.1) is 11.9 Å². The number of carbonyl (C=O) groups excluding carboxylic acids is 8. The minimum Gasteiger partial charge on any atom is -0.508 e. The van der Waals surface area contributed by atoms with Crippen molar-refractivity contribution in [2.75, 3.05) is 25.0 Å². The number of hydrogen-bond acceptors (Lipinski definition) is 17. The third kappa shape index (κ3) is 17.6. The van der Waals surface area contributed by atoms with Gasteiger partial charge in [0.15, 0.2) is 11.7 Å². The van der Waals surface area contributed by atoms with Crippen LogP contribution in [0.2, 0.25) is 0 Å². The Bertz CT molecular complexity index is 2440. The van der Waals surface area contributed by atoms with Crippen molar-refractivity contribution in [1.29, 1.82) is 0 Å². The fourth-order valence-electron chi connectivity index (χ4n) is 6.92. The minimum atomic E-state index is -1.38. The van der Waals surface area contributed by atoms with Crippen molar-refractivity contribution in [2.24, 2.45) is 16.5 Å². The molecule has 1 saturated heterocycles. The van der Waals surface area contributed by atoms with Gasteiger partial charge in [-0.2, -0.15) is 0 Å². The zero-order chi connectivity index (χ0) is 50.3. The van der Waals surface area contributed by atoms with Crippen molar-refractivity contribution in [2.45, 2.75) is 94.8 Å². The second kappa shape index (κ2) is 27.3. The number of aliphatic imine (C=N–C) groups is 1. The molecule has 370 valence electrons. The Hall–Kier alpha value is -8.51. The summed E-state index contributed by atoms with van der Waals surface area (Å²) in [6.07, 6.45) is 3.45. The molecule has 1 aliphatic rings. The molecule has 25 nitrogen and oxygen atoms in total. The summed E-state index contributed by atoms with van der Waals surface area (Å²) in [4.78, 5) is 117. The van der Waals surface area contributed by atoms with Gasteiger partial charge in [-0.05, 0) is 80.5 Å². The Morgan fingerprint density at radius 2 is 1.37 bits per heavy atom. The molecule has 0 unspecified atom stereocenters. The van der Waals surface area contributed by atoms with Crippen molar-refractivity contribution in [1.82, 2.24) is 56.9 Å². The van der Waals surface area contributed by atoms with E-state index in [0.29, 0.717) is 35.5 Å². The van der Waals surface area contributed by atoms with Crippen molar-refractivity contribution < 1.29 is 48.2 Å². The van der Waals surface area contributed by atoms with Crippen LogP contribution in [0.5, 0.6) is 5.75 Å². The number of ketones is 1. The van der Waals surface area contributed by atoms with Crippen LogP contribution in [0.15, 0.2) is 72.0 Å². The molecular weight excluding hydrogens is 911 g/mol. The standard InChI is InChI=1S/C45H55N15O10/c46-45(47)50-22-6-9-32-42(67)54-33(43(68)55-34(23-27-12-15-29(62)16-13-27)44(69)56-35(25-70-26-61)36(63)18-19-39(66)53-32)8-2-4-21-49-37(64)10-5-11-38(65)52-28-14-17-31(51-24-28)41-59-57-40(58-60-41)30-7-1-3-20-48-30/h1,3,7,12-17,20,24,26,32-35,62H,2,4-6,8-11,18-19,21-23,25H2,(H,49,64)(H,52,65)(H,53,66)(H,54,67)(H,55,68)(H,56,69)(H4,46,47,50)/t32-,33-,34+,35-/m1/s1. The lowest BCUT2D eigenvalue weighted by Gasteiger charge is -2.26. The van der Waals surface area contributed by atoms with Crippen molar-refractivity contribution in [3.63, 3.8) is 0 Å². The molecule has 0 saturated carbocycles. The van der Waals surface area contributed by atoms with Gasteiger partial charge < -0.3 is 53.2 Å². The maximum atomic E-state index is 14.1. The summed E-state index contributed by atoms with van der Waals surface area (Å²) in [6.45, 7) is -0.136. The molecule has 1 fully saturated rings. The number of nitrogens with one attached hydrogen (secondary N) is 6. The molecule has 0 radical (unpaired) electrons. The van der Waals surface area contributed by atoms with Crippen LogP contribution in [0.4, 0.5) is 5.69 Å². The van der Waals surface area contributed by atoms with Gasteiger partial charge in [0.25, 0.3) is 6.47 Å². The van der Waals surface area contributed by atoms with Crippen LogP contribution >= 0.6 is 0 Å². The van der Waals surface area contributed by atoms with E-state index in [1.807, 2.05) is 0 Å². The van der Waals surface area contributed by atoms with E-state index in [0.717, 1.165) is 0 Å². The number of rotatable bonds is 21. The highest BCUT2D eigenvalue weighted by molar-refractivity contribution is 5.97. The molecule has 0 aliphatic carbocycles. The average Bonchev–Trinajstić information content (AvgIpc) is 3.35. The lowest BCUT2D eigenvalue weighted by Crippen LogP contribution is -2.58. The van der Waals surface area contributed by atoms with Crippen LogP contribution in [0, 0.1) is 0 Å². The van der Waals surface area contributed by atoms with Crippen molar-refractivity contribution in [3.05, 3.63) is 72.6 Å². The molecule has 4 heterocycles. The van der Waals surface area contributed by atoms with Gasteiger partial charge in [-0.1, -0.05) is 18.2 Å². The first-order valence-corrected chi connectivity index (χ1v) is 22.4. The fraction of sp³-hybridized carbons (Fsp3) is 0.400. The first-order chi connectivity index (χ1) is 33.8. The lowest BCUT2D eigenvalue weighted by atomic mass is 10.0. The molecule has 0 bridgehead atoms. The van der Waals surface area contributed by atoms with E-state index >= 15 is 0 Å². The second-order valence-electron chi connectivity index (χ2n) is 16.0. The predicted octanol–water partition coefficient (Wildman–Crippen LogP) is -0.737. The van der Waals surface area contributed by atoms with Gasteiger partial charge in [0.1, 0.15) is 47.9 Å². The quantitative estimate of drug-likeness (QED) is 0.0215. The molecule has 6 amide bonds. The third-order valence-electron chi connectivity index (χ3n) is 10.6. The number of nitrogens with zero attached hydrogens (tertiary/aromatic N) is 7. The molecule has 5 rings (SSSR count). The van der Waals surface area contributed by atoms with Gasteiger partial charge in [0, 0.05) is 51.4 Å². The Morgan fingerprint density at radius 3 is 2.03 bits per heavy atom. The number of aromatic nitrogens is 6. The average molecular weight is 966 g/mol. The van der Waals surface area contributed by atoms with Crippen LogP contribution < -0.4 is 43.4 Å². The molecule has 25 heteroatoms. The lowest BCUT2D eigenvalue weighted by molar-refractivity contribution is -0.136. The van der Waals surface area contributed by atoms with E-state index < -0.39 is 66.6 Å². The molecule has 4 aromatic rings. The Balaban J connectivity index is 1.16. The number of phenols is 1. The van der Waals surface area contributed by atoms with Crippen LogP contribution in [0.3, 0.4) is 0 Å². The summed E-state index contributed by atoms with van der Waals surface area (Å²) < 4.78 is 4.80. The molecule has 1 aromatic carbocycles. The van der Waals surface area contributed by atoms with E-state index in [2.05, 4.69) is 67.3 Å². The van der Waals surface area contributed by atoms with E-state index in [-0.39, 0.29) is 106 Å². The van der Waals surface area contributed by atoms with E-state index in [4.69, 9.17) is 16.2 Å². The monoisotopic (exact) mass is 965 g/mol. The second-order valence-corrected chi connectivity index (χ2v) is 16.0. The normalized spacial score (nSPS) is 17.8. The largest absolute Gasteiger partial charge is 0.508 e. The molecular formula is C45H55N15O10. The first-order valence-electron chi connectivity index (χ1n) is 22.4. The fourth-order valence-corrected chi connectivity index (χ4v) is 6.92. The summed E-state index contributed by atoms with van der Waals surface area (Å²) in [5, 5.41) is 42.1. The summed E-state index contributed by atoms with van der Waals surface area (Å²) in [5.74, 6) is -4.07. The number of unbranched alkanes of at least 4 members (excludes halogenated alkanes) is 1. The minimum absolute atomic E-state index is 0.0268. The van der Waals surface area contributed by atoms with E-state index in [1.165, 1.54) is 30.5 Å². The highest BCUT2D eigenvalue weighted by Gasteiger charge is 2.33. The highest BCUT2D eigenvalue weighted by Crippen LogP contribution is 2.17. The number of pyridine rings is 2. The highest BCUT2D eigenvalue weighted by atomic mass is 16.5. The summed E-state index contributed by atoms with van der Waals surface area (Å²) in [7, 11) is 0. The molecule has 4 atom stereocenters. The van der Waals surface area contributed by atoms with Crippen LogP contribution in [-0.4, -0.2) is 133 Å². The van der Waals surface area contributed by atoms with Gasteiger partial charge in [0.2, 0.25) is 47.1 Å². The SMILES string of the molecule is NC(N)=NCCC[C@H]1NC(=O)CCC(=O)[C@@H](COC=O)NC(=O)[C@H](Cc2ccc(O)cc2)NC(=O)[C@@H](CCCCNC(=O)CCCC(=O)Nc2ccc(-c3nnc(-c4ccccn4)nn3)nc2)NC1=O. The van der Waals surface area contributed by atoms with Crippen LogP contribution in [0.25, 0.3) is 23.0 Å². The maximum Gasteiger partial charge on any atom is 0.293 e. The number of guanidine groups is 1. The Kier molecular flexibility index (Phi) is 20.5. The number of aromatic hydroxyl groups is 1. The number of hydrogen-bond donors (Lipinski definition) is 9. The zero-order valence-electron chi connectivity index (χ0n) is 38.0. The zero-order valence-corrected chi connectivity index (χ0v) is 38.0. The van der Waals surface area contributed by atoms with E-state index in [9.17, 15) is 43.5 Å². The van der Waals surface area contributed by atoms with Gasteiger partial charge >= 0.3 is 0 Å². The van der Waals surface area contributed by atoms with Gasteiger partial charge in [-0.15, -0.1) is 20.4 Å². The molecule has 11 N–H and O–H groups in total. The first kappa shape index (κ1) is 52.5. The Morgan fingerprint density at radius 1 is 0.729 bits per heavy atom. The van der Waals surface area contributed by atoms with E-state index in [1.54, 1.807) is 36.5 Å². The van der Waals surface area contributed by atoms with Crippen LogP contribution in [-0.2, 0) is 49.5 Å². The predicted molar refractivity (Wildman–Crippen MR) is 249 cm³/mol. The number of amides is 6.